The maximum atomic E-state index is 4.30. The van der Waals surface area contributed by atoms with Crippen LogP contribution in [0.15, 0.2) is 18.3 Å². The monoisotopic (exact) mass is 219 g/mol. The van der Waals surface area contributed by atoms with E-state index in [-0.39, 0.29) is 0 Å². The highest BCUT2D eigenvalue weighted by Crippen LogP contribution is 2.11. The van der Waals surface area contributed by atoms with Crippen LogP contribution >= 0.6 is 0 Å². The van der Waals surface area contributed by atoms with Gasteiger partial charge in [0.1, 0.15) is 0 Å². The molecular weight excluding hydrogens is 198 g/mol. The molecule has 2 heterocycles. The third-order valence-electron chi connectivity index (χ3n) is 3.14. The van der Waals surface area contributed by atoms with Crippen molar-refractivity contribution in [3.05, 3.63) is 24.0 Å². The molecular formula is C13H21N3. The lowest BCUT2D eigenvalue weighted by atomic mass is 10.1. The van der Waals surface area contributed by atoms with Gasteiger partial charge in [0.2, 0.25) is 0 Å². The molecule has 0 amide bonds. The summed E-state index contributed by atoms with van der Waals surface area (Å²) in [6, 6.07) is 4.82. The molecule has 0 bridgehead atoms. The molecule has 1 saturated heterocycles. The van der Waals surface area contributed by atoms with Crippen LogP contribution in [-0.4, -0.2) is 24.1 Å². The van der Waals surface area contributed by atoms with Gasteiger partial charge >= 0.3 is 0 Å². The van der Waals surface area contributed by atoms with Gasteiger partial charge in [0.05, 0.1) is 0 Å². The zero-order valence-corrected chi connectivity index (χ0v) is 10.00. The van der Waals surface area contributed by atoms with Gasteiger partial charge in [-0.1, -0.05) is 13.3 Å². The highest BCUT2D eigenvalue weighted by molar-refractivity contribution is 5.43. The molecule has 2 N–H and O–H groups in total. The number of hydrogen-bond donors (Lipinski definition) is 2. The van der Waals surface area contributed by atoms with Crippen LogP contribution in [0.2, 0.25) is 0 Å². The van der Waals surface area contributed by atoms with Crippen molar-refractivity contribution >= 4 is 5.69 Å². The molecule has 0 spiro atoms. The number of anilines is 1. The normalized spacial score (nSPS) is 20.7. The molecule has 16 heavy (non-hydrogen) atoms. The number of piperidine rings is 1. The van der Waals surface area contributed by atoms with Crippen LogP contribution in [0.1, 0.15) is 31.9 Å². The SMILES string of the molecule is CCc1cc(NCC2CCCCN2)ccn1. The van der Waals surface area contributed by atoms with Gasteiger partial charge in [-0.25, -0.2) is 0 Å². The molecule has 1 aromatic heterocycles. The van der Waals surface area contributed by atoms with E-state index in [9.17, 15) is 0 Å². The number of aromatic nitrogens is 1. The number of nitrogens with one attached hydrogen (secondary N) is 2. The molecule has 1 unspecified atom stereocenters. The van der Waals surface area contributed by atoms with Gasteiger partial charge in [-0.2, -0.15) is 0 Å². The lowest BCUT2D eigenvalue weighted by molar-refractivity contribution is 0.414. The fourth-order valence-corrected chi connectivity index (χ4v) is 2.12. The summed E-state index contributed by atoms with van der Waals surface area (Å²) in [5.41, 5.74) is 2.35. The average molecular weight is 219 g/mol. The molecule has 1 atom stereocenters. The highest BCUT2D eigenvalue weighted by Gasteiger charge is 2.11. The van der Waals surface area contributed by atoms with E-state index in [1.54, 1.807) is 0 Å². The van der Waals surface area contributed by atoms with Gasteiger partial charge < -0.3 is 10.6 Å². The molecule has 1 fully saturated rings. The Hall–Kier alpha value is -1.09. The minimum atomic E-state index is 0.631. The van der Waals surface area contributed by atoms with E-state index in [1.807, 2.05) is 12.3 Å². The molecule has 2 rings (SSSR count). The molecule has 0 saturated carbocycles. The smallest absolute Gasteiger partial charge is 0.0421 e. The maximum absolute atomic E-state index is 4.30. The van der Waals surface area contributed by atoms with Crippen LogP contribution in [0.25, 0.3) is 0 Å². The molecule has 1 aliphatic heterocycles. The van der Waals surface area contributed by atoms with Crippen LogP contribution in [-0.2, 0) is 6.42 Å². The van der Waals surface area contributed by atoms with E-state index in [2.05, 4.69) is 28.6 Å². The second-order valence-electron chi connectivity index (χ2n) is 4.42. The van der Waals surface area contributed by atoms with Crippen molar-refractivity contribution in [2.75, 3.05) is 18.4 Å². The van der Waals surface area contributed by atoms with Crippen molar-refractivity contribution in [2.45, 2.75) is 38.6 Å². The Kier molecular flexibility index (Phi) is 4.17. The van der Waals surface area contributed by atoms with Gasteiger partial charge in [-0.15, -0.1) is 0 Å². The average Bonchev–Trinajstić information content (AvgIpc) is 2.38. The van der Waals surface area contributed by atoms with Gasteiger partial charge in [-0.3, -0.25) is 4.98 Å². The van der Waals surface area contributed by atoms with Crippen molar-refractivity contribution in [3.8, 4) is 0 Å². The first-order valence-electron chi connectivity index (χ1n) is 6.30. The molecule has 0 radical (unpaired) electrons. The second-order valence-corrected chi connectivity index (χ2v) is 4.42. The minimum absolute atomic E-state index is 0.631. The first-order valence-corrected chi connectivity index (χ1v) is 6.30. The first kappa shape index (κ1) is 11.4. The summed E-state index contributed by atoms with van der Waals surface area (Å²) in [4.78, 5) is 4.30. The number of hydrogen-bond acceptors (Lipinski definition) is 3. The van der Waals surface area contributed by atoms with Crippen LogP contribution in [0, 0.1) is 0 Å². The fraction of sp³-hybridized carbons (Fsp3) is 0.615. The molecule has 3 nitrogen and oxygen atoms in total. The standard InChI is InChI=1S/C13H21N3/c1-2-11-9-12(6-8-15-11)16-10-13-5-3-4-7-14-13/h6,8-9,13-14H,2-5,7,10H2,1H3,(H,15,16). The minimum Gasteiger partial charge on any atom is -0.383 e. The highest BCUT2D eigenvalue weighted by atomic mass is 15.0. The fourth-order valence-electron chi connectivity index (χ4n) is 2.12. The zero-order chi connectivity index (χ0) is 11.2. The van der Waals surface area contributed by atoms with E-state index < -0.39 is 0 Å². The largest absolute Gasteiger partial charge is 0.383 e. The van der Waals surface area contributed by atoms with Crippen molar-refractivity contribution in [2.24, 2.45) is 0 Å². The Morgan fingerprint density at radius 3 is 3.19 bits per heavy atom. The Balaban J connectivity index is 1.83. The van der Waals surface area contributed by atoms with Crippen molar-refractivity contribution < 1.29 is 0 Å². The van der Waals surface area contributed by atoms with Crippen LogP contribution < -0.4 is 10.6 Å². The van der Waals surface area contributed by atoms with Crippen LogP contribution in [0.3, 0.4) is 0 Å². The lowest BCUT2D eigenvalue weighted by Crippen LogP contribution is -2.39. The molecule has 3 heteroatoms. The van der Waals surface area contributed by atoms with Crippen molar-refractivity contribution in [3.63, 3.8) is 0 Å². The van der Waals surface area contributed by atoms with Gasteiger partial charge in [0, 0.05) is 30.2 Å². The summed E-state index contributed by atoms with van der Waals surface area (Å²) < 4.78 is 0. The number of aryl methyl sites for hydroxylation is 1. The van der Waals surface area contributed by atoms with E-state index in [0.29, 0.717) is 6.04 Å². The Bertz CT molecular complexity index is 319. The summed E-state index contributed by atoms with van der Waals surface area (Å²) in [6.45, 7) is 4.32. The molecule has 0 aliphatic carbocycles. The van der Waals surface area contributed by atoms with Crippen molar-refractivity contribution in [1.29, 1.82) is 0 Å². The lowest BCUT2D eigenvalue weighted by Gasteiger charge is -2.24. The van der Waals surface area contributed by atoms with Gasteiger partial charge in [0.15, 0.2) is 0 Å². The van der Waals surface area contributed by atoms with Gasteiger partial charge in [0.25, 0.3) is 0 Å². The number of pyridine rings is 1. The van der Waals surface area contributed by atoms with Crippen molar-refractivity contribution in [1.82, 2.24) is 10.3 Å². The third kappa shape index (κ3) is 3.20. The quantitative estimate of drug-likeness (QED) is 0.815. The molecule has 88 valence electrons. The van der Waals surface area contributed by atoms with E-state index in [4.69, 9.17) is 0 Å². The molecule has 0 aromatic carbocycles. The topological polar surface area (TPSA) is 37.0 Å². The van der Waals surface area contributed by atoms with E-state index >= 15 is 0 Å². The Labute approximate surface area is 97.7 Å². The zero-order valence-electron chi connectivity index (χ0n) is 10.00. The number of nitrogens with zero attached hydrogens (tertiary/aromatic N) is 1. The third-order valence-corrected chi connectivity index (χ3v) is 3.14. The summed E-state index contributed by atoms with van der Waals surface area (Å²) >= 11 is 0. The number of rotatable bonds is 4. The van der Waals surface area contributed by atoms with E-state index in [0.717, 1.165) is 18.7 Å². The van der Waals surface area contributed by atoms with Gasteiger partial charge in [-0.05, 0) is 37.9 Å². The summed E-state index contributed by atoms with van der Waals surface area (Å²) in [7, 11) is 0. The van der Waals surface area contributed by atoms with E-state index in [1.165, 1.54) is 31.5 Å². The maximum Gasteiger partial charge on any atom is 0.0421 e. The Morgan fingerprint density at radius 2 is 2.44 bits per heavy atom. The van der Waals surface area contributed by atoms with Crippen LogP contribution in [0.5, 0.6) is 0 Å². The summed E-state index contributed by atoms with van der Waals surface area (Å²) in [5.74, 6) is 0. The molecule has 1 aliphatic rings. The summed E-state index contributed by atoms with van der Waals surface area (Å²) in [6.07, 6.45) is 6.85. The molecule has 1 aromatic rings. The van der Waals surface area contributed by atoms with Crippen LogP contribution in [0.4, 0.5) is 5.69 Å². The Morgan fingerprint density at radius 1 is 1.50 bits per heavy atom. The summed E-state index contributed by atoms with van der Waals surface area (Å²) in [5, 5.41) is 7.03. The predicted octanol–water partition coefficient (Wildman–Crippen LogP) is 2.20. The predicted molar refractivity (Wildman–Crippen MR) is 67.7 cm³/mol. The second kappa shape index (κ2) is 5.85. The first-order chi connectivity index (χ1) is 7.88.